The maximum atomic E-state index is 3.72. The fourth-order valence-electron chi connectivity index (χ4n) is 2.68. The van der Waals surface area contributed by atoms with Gasteiger partial charge in [-0.2, -0.15) is 11.8 Å². The smallest absolute Gasteiger partial charge is 0.0292 e. The third kappa shape index (κ3) is 3.52. The molecule has 0 aromatic heterocycles. The van der Waals surface area contributed by atoms with Crippen molar-refractivity contribution in [2.45, 2.75) is 43.4 Å². The molecular formula is C15H22BrNS. The lowest BCUT2D eigenvalue weighted by molar-refractivity contribution is 0.486. The van der Waals surface area contributed by atoms with Crippen LogP contribution in [0.15, 0.2) is 28.7 Å². The first-order valence-electron chi connectivity index (χ1n) is 6.69. The fourth-order valence-corrected chi connectivity index (χ4v) is 3.87. The summed E-state index contributed by atoms with van der Waals surface area (Å²) < 4.78 is 1.64. The highest BCUT2D eigenvalue weighted by atomic mass is 79.9. The minimum Gasteiger partial charge on any atom is -0.309 e. The van der Waals surface area contributed by atoms with Crippen LogP contribution in [0.5, 0.6) is 0 Å². The Bertz CT molecular complexity index is 371. The van der Waals surface area contributed by atoms with Gasteiger partial charge in [0.25, 0.3) is 0 Å². The normalized spacial score (nSPS) is 19.9. The highest BCUT2D eigenvalue weighted by molar-refractivity contribution is 9.10. The van der Waals surface area contributed by atoms with Crippen molar-refractivity contribution in [1.82, 2.24) is 5.32 Å². The number of benzene rings is 1. The SMILES string of the molecule is CSC1(CNC(C)c2ccc(Br)cc2)CCCC1. The van der Waals surface area contributed by atoms with E-state index in [4.69, 9.17) is 0 Å². The topological polar surface area (TPSA) is 12.0 Å². The number of rotatable bonds is 5. The second-order valence-electron chi connectivity index (χ2n) is 5.25. The molecule has 2 rings (SSSR count). The van der Waals surface area contributed by atoms with E-state index in [0.29, 0.717) is 10.8 Å². The number of halogens is 1. The minimum atomic E-state index is 0.433. The van der Waals surface area contributed by atoms with Gasteiger partial charge in [-0.05, 0) is 43.7 Å². The maximum absolute atomic E-state index is 3.72. The second-order valence-corrected chi connectivity index (χ2v) is 7.44. The van der Waals surface area contributed by atoms with Gasteiger partial charge in [0.05, 0.1) is 0 Å². The van der Waals surface area contributed by atoms with E-state index in [1.54, 1.807) is 0 Å². The number of nitrogens with one attached hydrogen (secondary N) is 1. The molecule has 1 saturated carbocycles. The Kier molecular flexibility index (Phi) is 5.16. The summed E-state index contributed by atoms with van der Waals surface area (Å²) >= 11 is 5.53. The Balaban J connectivity index is 1.91. The molecule has 1 N–H and O–H groups in total. The van der Waals surface area contributed by atoms with Gasteiger partial charge in [-0.3, -0.25) is 0 Å². The highest BCUT2D eigenvalue weighted by Gasteiger charge is 2.32. The average Bonchev–Trinajstić information content (AvgIpc) is 2.86. The van der Waals surface area contributed by atoms with E-state index < -0.39 is 0 Å². The first-order valence-corrected chi connectivity index (χ1v) is 8.71. The summed E-state index contributed by atoms with van der Waals surface area (Å²) in [4.78, 5) is 0. The van der Waals surface area contributed by atoms with Gasteiger partial charge in [-0.25, -0.2) is 0 Å². The molecule has 0 heterocycles. The van der Waals surface area contributed by atoms with Gasteiger partial charge in [-0.15, -0.1) is 0 Å². The summed E-state index contributed by atoms with van der Waals surface area (Å²) in [7, 11) is 0. The van der Waals surface area contributed by atoms with Crippen LogP contribution < -0.4 is 5.32 Å². The molecule has 1 nitrogen and oxygen atoms in total. The summed E-state index contributed by atoms with van der Waals surface area (Å²) in [6, 6.07) is 9.06. The molecule has 0 aliphatic heterocycles. The molecule has 1 aliphatic carbocycles. The fraction of sp³-hybridized carbons (Fsp3) is 0.600. The average molecular weight is 328 g/mol. The van der Waals surface area contributed by atoms with Crippen molar-refractivity contribution >= 4 is 27.7 Å². The van der Waals surface area contributed by atoms with Gasteiger partial charge < -0.3 is 5.32 Å². The molecule has 1 aromatic rings. The maximum Gasteiger partial charge on any atom is 0.0292 e. The molecule has 0 saturated heterocycles. The van der Waals surface area contributed by atoms with Crippen molar-refractivity contribution in [2.75, 3.05) is 12.8 Å². The van der Waals surface area contributed by atoms with Crippen LogP contribution in [0.25, 0.3) is 0 Å². The molecule has 1 fully saturated rings. The first kappa shape index (κ1) is 14.4. The molecule has 0 radical (unpaired) electrons. The largest absolute Gasteiger partial charge is 0.309 e. The second kappa shape index (κ2) is 6.44. The Morgan fingerprint density at radius 1 is 1.28 bits per heavy atom. The quantitative estimate of drug-likeness (QED) is 0.835. The number of thioether (sulfide) groups is 1. The predicted octanol–water partition coefficient (Wildman–Crippen LogP) is 4.78. The number of hydrogen-bond acceptors (Lipinski definition) is 2. The Morgan fingerprint density at radius 3 is 2.44 bits per heavy atom. The van der Waals surface area contributed by atoms with E-state index in [1.165, 1.54) is 31.2 Å². The van der Waals surface area contributed by atoms with Crippen molar-refractivity contribution in [1.29, 1.82) is 0 Å². The third-order valence-corrected chi connectivity index (χ3v) is 6.00. The third-order valence-electron chi connectivity index (χ3n) is 4.05. The van der Waals surface area contributed by atoms with E-state index in [0.717, 1.165) is 11.0 Å². The minimum absolute atomic E-state index is 0.433. The molecule has 1 atom stereocenters. The van der Waals surface area contributed by atoms with Gasteiger partial charge in [0.1, 0.15) is 0 Å². The van der Waals surface area contributed by atoms with Gasteiger partial charge in [0.15, 0.2) is 0 Å². The van der Waals surface area contributed by atoms with Crippen molar-refractivity contribution in [2.24, 2.45) is 0 Å². The van der Waals surface area contributed by atoms with Crippen molar-refractivity contribution in [3.8, 4) is 0 Å². The molecule has 1 unspecified atom stereocenters. The molecule has 3 heteroatoms. The van der Waals surface area contributed by atoms with E-state index in [9.17, 15) is 0 Å². The van der Waals surface area contributed by atoms with Crippen LogP contribution in [0.1, 0.15) is 44.2 Å². The lowest BCUT2D eigenvalue weighted by Gasteiger charge is -2.29. The zero-order valence-electron chi connectivity index (χ0n) is 11.2. The summed E-state index contributed by atoms with van der Waals surface area (Å²) in [6.45, 7) is 3.39. The van der Waals surface area contributed by atoms with E-state index in [1.807, 2.05) is 11.8 Å². The molecule has 0 amide bonds. The molecule has 100 valence electrons. The van der Waals surface area contributed by atoms with Crippen LogP contribution in [-0.2, 0) is 0 Å². The summed E-state index contributed by atoms with van der Waals surface area (Å²) in [6.07, 6.45) is 7.80. The van der Waals surface area contributed by atoms with Crippen molar-refractivity contribution < 1.29 is 0 Å². The molecule has 1 aliphatic rings. The lowest BCUT2D eigenvalue weighted by Crippen LogP contribution is -2.36. The first-order chi connectivity index (χ1) is 8.65. The molecule has 1 aromatic carbocycles. The van der Waals surface area contributed by atoms with Crippen LogP contribution in [0, 0.1) is 0 Å². The monoisotopic (exact) mass is 327 g/mol. The zero-order chi connectivity index (χ0) is 13.0. The molecule has 0 bridgehead atoms. The van der Waals surface area contributed by atoms with Crippen molar-refractivity contribution in [3.05, 3.63) is 34.3 Å². The Hall–Kier alpha value is 0.01000. The van der Waals surface area contributed by atoms with Gasteiger partial charge >= 0.3 is 0 Å². The molecular weight excluding hydrogens is 306 g/mol. The van der Waals surface area contributed by atoms with Crippen LogP contribution in [-0.4, -0.2) is 17.5 Å². The molecule has 0 spiro atoms. The lowest BCUT2D eigenvalue weighted by atomic mass is 10.0. The van der Waals surface area contributed by atoms with E-state index in [-0.39, 0.29) is 0 Å². The van der Waals surface area contributed by atoms with Crippen LogP contribution in [0.4, 0.5) is 0 Å². The van der Waals surface area contributed by atoms with E-state index in [2.05, 4.69) is 58.7 Å². The van der Waals surface area contributed by atoms with Crippen LogP contribution >= 0.6 is 27.7 Å². The zero-order valence-corrected chi connectivity index (χ0v) is 13.6. The Labute approximate surface area is 123 Å². The summed E-state index contributed by atoms with van der Waals surface area (Å²) in [5.74, 6) is 0. The number of hydrogen-bond donors (Lipinski definition) is 1. The summed E-state index contributed by atoms with van der Waals surface area (Å²) in [5, 5.41) is 3.72. The van der Waals surface area contributed by atoms with E-state index >= 15 is 0 Å². The summed E-state index contributed by atoms with van der Waals surface area (Å²) in [5.41, 5.74) is 1.37. The van der Waals surface area contributed by atoms with Crippen LogP contribution in [0.2, 0.25) is 0 Å². The Morgan fingerprint density at radius 2 is 1.89 bits per heavy atom. The van der Waals surface area contributed by atoms with Crippen LogP contribution in [0.3, 0.4) is 0 Å². The van der Waals surface area contributed by atoms with Gasteiger partial charge in [-0.1, -0.05) is 40.9 Å². The van der Waals surface area contributed by atoms with Gasteiger partial charge in [0.2, 0.25) is 0 Å². The van der Waals surface area contributed by atoms with Crippen molar-refractivity contribution in [3.63, 3.8) is 0 Å². The highest BCUT2D eigenvalue weighted by Crippen LogP contribution is 2.39. The molecule has 18 heavy (non-hydrogen) atoms. The predicted molar refractivity (Wildman–Crippen MR) is 85.3 cm³/mol. The standard InChI is InChI=1S/C15H22BrNS/c1-12(13-5-7-14(16)8-6-13)17-11-15(18-2)9-3-4-10-15/h5-8,12,17H,3-4,9-11H2,1-2H3. The van der Waals surface area contributed by atoms with Gasteiger partial charge in [0, 0.05) is 21.8 Å².